The van der Waals surface area contributed by atoms with Gasteiger partial charge in [-0.05, 0) is 17.7 Å². The SMILES string of the molecule is COc1cc(OC)cc(Oc2ccc(CNCCC(=O)O)cc2)c1. The minimum absolute atomic E-state index is 0.110. The third-order valence-electron chi connectivity index (χ3n) is 3.33. The Balaban J connectivity index is 1.95. The van der Waals surface area contributed by atoms with Gasteiger partial charge in [0.25, 0.3) is 0 Å². The molecule has 0 fully saturated rings. The molecule has 0 spiro atoms. The van der Waals surface area contributed by atoms with E-state index in [0.29, 0.717) is 36.1 Å². The Morgan fingerprint density at radius 1 is 0.958 bits per heavy atom. The molecule has 0 amide bonds. The number of methoxy groups -OCH3 is 2. The normalized spacial score (nSPS) is 10.2. The highest BCUT2D eigenvalue weighted by molar-refractivity contribution is 5.66. The Morgan fingerprint density at radius 2 is 1.54 bits per heavy atom. The van der Waals surface area contributed by atoms with E-state index in [0.717, 1.165) is 5.56 Å². The number of carbonyl (C=O) groups is 1. The maximum absolute atomic E-state index is 10.4. The van der Waals surface area contributed by atoms with E-state index in [9.17, 15) is 4.79 Å². The summed E-state index contributed by atoms with van der Waals surface area (Å²) in [6, 6.07) is 12.9. The third-order valence-corrected chi connectivity index (χ3v) is 3.33. The molecule has 128 valence electrons. The van der Waals surface area contributed by atoms with Crippen molar-refractivity contribution < 1.29 is 24.1 Å². The molecule has 0 saturated carbocycles. The molecule has 0 aliphatic heterocycles. The van der Waals surface area contributed by atoms with Gasteiger partial charge >= 0.3 is 5.97 Å². The van der Waals surface area contributed by atoms with E-state index in [1.54, 1.807) is 32.4 Å². The molecule has 0 radical (unpaired) electrons. The fraction of sp³-hybridized carbons (Fsp3) is 0.278. The highest BCUT2D eigenvalue weighted by Gasteiger charge is 2.04. The van der Waals surface area contributed by atoms with Gasteiger partial charge < -0.3 is 24.6 Å². The highest BCUT2D eigenvalue weighted by Crippen LogP contribution is 2.30. The van der Waals surface area contributed by atoms with Gasteiger partial charge in [0.2, 0.25) is 0 Å². The molecule has 0 bridgehead atoms. The van der Waals surface area contributed by atoms with Gasteiger partial charge in [0.05, 0.1) is 20.6 Å². The van der Waals surface area contributed by atoms with Crippen LogP contribution in [0.2, 0.25) is 0 Å². The van der Waals surface area contributed by atoms with Crippen LogP contribution in [0.3, 0.4) is 0 Å². The van der Waals surface area contributed by atoms with E-state index < -0.39 is 5.97 Å². The Kier molecular flexibility index (Phi) is 6.45. The number of hydrogen-bond acceptors (Lipinski definition) is 5. The molecule has 0 aromatic heterocycles. The smallest absolute Gasteiger partial charge is 0.304 e. The maximum atomic E-state index is 10.4. The minimum atomic E-state index is -0.806. The fourth-order valence-electron chi connectivity index (χ4n) is 2.08. The average molecular weight is 331 g/mol. The summed E-state index contributed by atoms with van der Waals surface area (Å²) in [4.78, 5) is 10.4. The first-order chi connectivity index (χ1) is 11.6. The van der Waals surface area contributed by atoms with Gasteiger partial charge in [-0.15, -0.1) is 0 Å². The lowest BCUT2D eigenvalue weighted by molar-refractivity contribution is -0.136. The molecule has 2 aromatic carbocycles. The zero-order chi connectivity index (χ0) is 17.4. The van der Waals surface area contributed by atoms with Gasteiger partial charge in [0.15, 0.2) is 0 Å². The summed E-state index contributed by atoms with van der Waals surface area (Å²) in [6.45, 7) is 1.05. The third kappa shape index (κ3) is 5.48. The number of benzene rings is 2. The first kappa shape index (κ1) is 17.6. The molecule has 6 nitrogen and oxygen atoms in total. The summed E-state index contributed by atoms with van der Waals surface area (Å²) in [5, 5.41) is 11.7. The number of aliphatic carboxylic acids is 1. The number of carboxylic acid groups (broad SMARTS) is 1. The topological polar surface area (TPSA) is 77.0 Å². The molecule has 6 heteroatoms. The molecule has 2 aromatic rings. The van der Waals surface area contributed by atoms with E-state index >= 15 is 0 Å². The van der Waals surface area contributed by atoms with Crippen LogP contribution in [0.15, 0.2) is 42.5 Å². The number of nitrogens with one attached hydrogen (secondary N) is 1. The summed E-state index contributed by atoms with van der Waals surface area (Å²) >= 11 is 0. The zero-order valence-electron chi connectivity index (χ0n) is 13.7. The minimum Gasteiger partial charge on any atom is -0.496 e. The largest absolute Gasteiger partial charge is 0.496 e. The van der Waals surface area contributed by atoms with Gasteiger partial charge in [-0.1, -0.05) is 12.1 Å². The summed E-state index contributed by atoms with van der Waals surface area (Å²) in [6.07, 6.45) is 0.110. The second-order valence-electron chi connectivity index (χ2n) is 5.11. The van der Waals surface area contributed by atoms with E-state index in [-0.39, 0.29) is 6.42 Å². The first-order valence-electron chi connectivity index (χ1n) is 7.53. The van der Waals surface area contributed by atoms with Crippen molar-refractivity contribution in [2.75, 3.05) is 20.8 Å². The molecule has 0 aliphatic rings. The number of rotatable bonds is 9. The Morgan fingerprint density at radius 3 is 2.08 bits per heavy atom. The van der Waals surface area contributed by atoms with Crippen LogP contribution in [-0.4, -0.2) is 31.8 Å². The van der Waals surface area contributed by atoms with E-state index in [2.05, 4.69) is 5.32 Å². The van der Waals surface area contributed by atoms with Crippen molar-refractivity contribution in [1.82, 2.24) is 5.32 Å². The Hall–Kier alpha value is -2.73. The Bertz CT molecular complexity index is 647. The van der Waals surface area contributed by atoms with Crippen LogP contribution in [-0.2, 0) is 11.3 Å². The number of hydrogen-bond donors (Lipinski definition) is 2. The molecule has 0 heterocycles. The van der Waals surface area contributed by atoms with Gasteiger partial charge in [-0.3, -0.25) is 4.79 Å². The molecule has 0 saturated heterocycles. The molecule has 0 atom stereocenters. The molecule has 0 unspecified atom stereocenters. The quantitative estimate of drug-likeness (QED) is 0.688. The van der Waals surface area contributed by atoms with Crippen LogP contribution in [0.25, 0.3) is 0 Å². The molecule has 24 heavy (non-hydrogen) atoms. The summed E-state index contributed by atoms with van der Waals surface area (Å²) in [5.74, 6) is 1.82. The van der Waals surface area contributed by atoms with E-state index in [4.69, 9.17) is 19.3 Å². The van der Waals surface area contributed by atoms with E-state index in [1.165, 1.54) is 0 Å². The highest BCUT2D eigenvalue weighted by atomic mass is 16.5. The number of carboxylic acids is 1. The average Bonchev–Trinajstić information content (AvgIpc) is 2.59. The van der Waals surface area contributed by atoms with Crippen LogP contribution in [0.5, 0.6) is 23.0 Å². The van der Waals surface area contributed by atoms with Crippen LogP contribution in [0.1, 0.15) is 12.0 Å². The second-order valence-corrected chi connectivity index (χ2v) is 5.11. The van der Waals surface area contributed by atoms with Crippen LogP contribution < -0.4 is 19.5 Å². The lowest BCUT2D eigenvalue weighted by Crippen LogP contribution is -2.17. The standard InChI is InChI=1S/C18H21NO5/c1-22-15-9-16(23-2)11-17(10-15)24-14-5-3-13(4-6-14)12-19-8-7-18(20)21/h3-6,9-11,19H,7-8,12H2,1-2H3,(H,20,21). The van der Waals surface area contributed by atoms with Crippen molar-refractivity contribution >= 4 is 5.97 Å². The Labute approximate surface area is 141 Å². The van der Waals surface area contributed by atoms with Crippen molar-refractivity contribution in [3.8, 4) is 23.0 Å². The van der Waals surface area contributed by atoms with Crippen LogP contribution in [0, 0.1) is 0 Å². The molecule has 2 N–H and O–H groups in total. The van der Waals surface area contributed by atoms with Gasteiger partial charge in [0.1, 0.15) is 23.0 Å². The van der Waals surface area contributed by atoms with Crippen molar-refractivity contribution in [2.24, 2.45) is 0 Å². The van der Waals surface area contributed by atoms with Crippen LogP contribution >= 0.6 is 0 Å². The first-order valence-corrected chi connectivity index (χ1v) is 7.53. The lowest BCUT2D eigenvalue weighted by Gasteiger charge is -2.10. The summed E-state index contributed by atoms with van der Waals surface area (Å²) in [5.41, 5.74) is 1.05. The predicted molar refractivity (Wildman–Crippen MR) is 90.0 cm³/mol. The van der Waals surface area contributed by atoms with Gasteiger partial charge in [-0.2, -0.15) is 0 Å². The zero-order valence-corrected chi connectivity index (χ0v) is 13.7. The van der Waals surface area contributed by atoms with Gasteiger partial charge in [-0.25, -0.2) is 0 Å². The van der Waals surface area contributed by atoms with Crippen molar-refractivity contribution in [2.45, 2.75) is 13.0 Å². The van der Waals surface area contributed by atoms with Gasteiger partial charge in [0, 0.05) is 31.3 Å². The summed E-state index contributed by atoms with van der Waals surface area (Å²) in [7, 11) is 3.18. The monoisotopic (exact) mass is 331 g/mol. The maximum Gasteiger partial charge on any atom is 0.304 e. The fourth-order valence-corrected chi connectivity index (χ4v) is 2.08. The number of ether oxygens (including phenoxy) is 3. The van der Waals surface area contributed by atoms with Crippen LogP contribution in [0.4, 0.5) is 0 Å². The molecular weight excluding hydrogens is 310 g/mol. The molecule has 2 rings (SSSR count). The van der Waals surface area contributed by atoms with Crippen molar-refractivity contribution in [3.63, 3.8) is 0 Å². The van der Waals surface area contributed by atoms with Crippen molar-refractivity contribution in [3.05, 3.63) is 48.0 Å². The van der Waals surface area contributed by atoms with Crippen molar-refractivity contribution in [1.29, 1.82) is 0 Å². The lowest BCUT2D eigenvalue weighted by atomic mass is 10.2. The second kappa shape index (κ2) is 8.79. The van der Waals surface area contributed by atoms with E-state index in [1.807, 2.05) is 24.3 Å². The summed E-state index contributed by atoms with van der Waals surface area (Å²) < 4.78 is 16.2. The predicted octanol–water partition coefficient (Wildman–Crippen LogP) is 3.06. The molecule has 0 aliphatic carbocycles. The molecular formula is C18H21NO5.